The summed E-state index contributed by atoms with van der Waals surface area (Å²) in [6.07, 6.45) is 1.01. The maximum absolute atomic E-state index is 5.42. The first-order valence-electron chi connectivity index (χ1n) is 15.4. The highest BCUT2D eigenvalue weighted by atomic mass is 16.5. The maximum atomic E-state index is 5.42. The maximum Gasteiger partial charge on any atom is 0.119 e. The monoisotopic (exact) mass is 606 g/mol. The third kappa shape index (κ3) is 6.54. The summed E-state index contributed by atoms with van der Waals surface area (Å²) >= 11 is 0. The van der Waals surface area contributed by atoms with Crippen molar-refractivity contribution in [1.82, 2.24) is 0 Å². The quantitative estimate of drug-likeness (QED) is 0.147. The second kappa shape index (κ2) is 14.0. The molecule has 6 aromatic rings. The molecule has 6 aromatic carbocycles. The van der Waals surface area contributed by atoms with Gasteiger partial charge in [0.15, 0.2) is 0 Å². The molecule has 230 valence electrons. The molecule has 0 saturated carbocycles. The summed E-state index contributed by atoms with van der Waals surface area (Å²) in [6, 6.07) is 50.6. The van der Waals surface area contributed by atoms with Gasteiger partial charge in [0.25, 0.3) is 0 Å². The summed E-state index contributed by atoms with van der Waals surface area (Å²) in [6.45, 7) is 2.18. The van der Waals surface area contributed by atoms with Gasteiger partial charge in [0.05, 0.1) is 21.3 Å². The van der Waals surface area contributed by atoms with E-state index in [0.717, 1.165) is 68.9 Å². The Labute approximate surface area is 271 Å². The van der Waals surface area contributed by atoms with Crippen molar-refractivity contribution in [3.63, 3.8) is 0 Å². The fourth-order valence-electron chi connectivity index (χ4n) is 5.57. The number of anilines is 6. The molecule has 0 aliphatic rings. The lowest BCUT2D eigenvalue weighted by Crippen LogP contribution is -2.10. The van der Waals surface area contributed by atoms with Gasteiger partial charge < -0.3 is 24.0 Å². The zero-order valence-corrected chi connectivity index (χ0v) is 26.7. The molecule has 5 heteroatoms. The Morgan fingerprint density at radius 1 is 0.348 bits per heavy atom. The van der Waals surface area contributed by atoms with E-state index in [4.69, 9.17) is 14.2 Å². The molecule has 0 unspecified atom stereocenters. The number of hydrogen-bond acceptors (Lipinski definition) is 5. The Morgan fingerprint density at radius 3 is 0.826 bits per heavy atom. The molecule has 46 heavy (non-hydrogen) atoms. The van der Waals surface area contributed by atoms with Gasteiger partial charge in [-0.2, -0.15) is 0 Å². The third-order valence-corrected chi connectivity index (χ3v) is 8.18. The molecule has 0 radical (unpaired) electrons. The normalized spacial score (nSPS) is 10.7. The van der Waals surface area contributed by atoms with Crippen LogP contribution < -0.4 is 24.0 Å². The molecule has 0 bridgehead atoms. The summed E-state index contributed by atoms with van der Waals surface area (Å²) in [5.41, 5.74) is 9.99. The van der Waals surface area contributed by atoms with Crippen LogP contribution in [0.3, 0.4) is 0 Å². The number of methoxy groups -OCH3 is 3. The van der Waals surface area contributed by atoms with Crippen LogP contribution in [-0.2, 0) is 6.42 Å². The van der Waals surface area contributed by atoms with Crippen molar-refractivity contribution in [2.24, 2.45) is 0 Å². The van der Waals surface area contributed by atoms with Crippen LogP contribution in [0.5, 0.6) is 17.2 Å². The minimum Gasteiger partial charge on any atom is -0.497 e. The van der Waals surface area contributed by atoms with E-state index < -0.39 is 0 Å². The molecule has 5 nitrogen and oxygen atoms in total. The number of ether oxygens (including phenoxy) is 3. The smallest absolute Gasteiger partial charge is 0.119 e. The molecule has 0 fully saturated rings. The molecule has 0 aromatic heterocycles. The Bertz CT molecular complexity index is 1600. The molecular weight excluding hydrogens is 568 g/mol. The largest absolute Gasteiger partial charge is 0.497 e. The molecule has 0 atom stereocenters. The van der Waals surface area contributed by atoms with Crippen molar-refractivity contribution >= 4 is 34.1 Å². The molecule has 0 spiro atoms. The Hall–Kier alpha value is -5.68. The van der Waals surface area contributed by atoms with Gasteiger partial charge in [-0.25, -0.2) is 0 Å². The van der Waals surface area contributed by atoms with Crippen LogP contribution in [0.4, 0.5) is 34.1 Å². The SMILES string of the molecule is CCc1ccc(N(c2ccc(OC)cc2)c2ccc(-c3ccc(N(c4ccc(OC)cc4)c4ccc(OC)cc4)cc3)cc2)cc1. The first-order chi connectivity index (χ1) is 22.6. The lowest BCUT2D eigenvalue weighted by atomic mass is 10.0. The van der Waals surface area contributed by atoms with Crippen LogP contribution in [0.15, 0.2) is 146 Å². The Balaban J connectivity index is 1.31. The van der Waals surface area contributed by atoms with Gasteiger partial charge in [0.2, 0.25) is 0 Å². The highest BCUT2D eigenvalue weighted by Gasteiger charge is 2.15. The van der Waals surface area contributed by atoms with Crippen LogP contribution in [0, 0.1) is 0 Å². The van der Waals surface area contributed by atoms with Crippen molar-refractivity contribution in [2.45, 2.75) is 13.3 Å². The molecule has 6 rings (SSSR count). The third-order valence-electron chi connectivity index (χ3n) is 8.18. The van der Waals surface area contributed by atoms with Crippen molar-refractivity contribution in [3.05, 3.63) is 151 Å². The summed E-state index contributed by atoms with van der Waals surface area (Å²) in [5.74, 6) is 2.47. The second-order valence-electron chi connectivity index (χ2n) is 10.9. The first kappa shape index (κ1) is 30.4. The van der Waals surface area contributed by atoms with Crippen LogP contribution >= 0.6 is 0 Å². The second-order valence-corrected chi connectivity index (χ2v) is 10.9. The number of aryl methyl sites for hydroxylation is 1. The lowest BCUT2D eigenvalue weighted by molar-refractivity contribution is 0.414. The average Bonchev–Trinajstić information content (AvgIpc) is 3.13. The zero-order valence-electron chi connectivity index (χ0n) is 26.7. The number of rotatable bonds is 11. The van der Waals surface area contributed by atoms with Gasteiger partial charge in [-0.05, 0) is 132 Å². The molecule has 0 N–H and O–H groups in total. The lowest BCUT2D eigenvalue weighted by Gasteiger charge is -2.26. The fraction of sp³-hybridized carbons (Fsp3) is 0.122. The Morgan fingerprint density at radius 2 is 0.587 bits per heavy atom. The highest BCUT2D eigenvalue weighted by Crippen LogP contribution is 2.39. The van der Waals surface area contributed by atoms with E-state index in [-0.39, 0.29) is 0 Å². The molecule has 0 heterocycles. The van der Waals surface area contributed by atoms with Crippen LogP contribution in [-0.4, -0.2) is 21.3 Å². The van der Waals surface area contributed by atoms with E-state index in [9.17, 15) is 0 Å². The van der Waals surface area contributed by atoms with E-state index >= 15 is 0 Å². The summed E-state index contributed by atoms with van der Waals surface area (Å²) in [7, 11) is 5.06. The van der Waals surface area contributed by atoms with Gasteiger partial charge in [0.1, 0.15) is 17.2 Å². The van der Waals surface area contributed by atoms with Gasteiger partial charge in [-0.1, -0.05) is 43.3 Å². The van der Waals surface area contributed by atoms with Gasteiger partial charge in [-0.15, -0.1) is 0 Å². The zero-order chi connectivity index (χ0) is 31.9. The summed E-state index contributed by atoms with van der Waals surface area (Å²) < 4.78 is 16.2. The standard InChI is InChI=1S/C41H38N2O3/c1-5-30-6-12-33(13-7-30)42(36-18-24-39(44-2)25-19-36)34-14-8-31(9-15-34)32-10-16-35(17-11-32)43(37-20-26-40(45-3)27-21-37)38-22-28-41(46-4)29-23-38/h6-29H,5H2,1-4H3. The fourth-order valence-corrected chi connectivity index (χ4v) is 5.57. The van der Waals surface area contributed by atoms with Gasteiger partial charge in [-0.3, -0.25) is 0 Å². The number of nitrogens with zero attached hydrogens (tertiary/aromatic N) is 2. The molecule has 0 aliphatic carbocycles. The minimum absolute atomic E-state index is 0.820. The van der Waals surface area contributed by atoms with Crippen molar-refractivity contribution in [2.75, 3.05) is 31.1 Å². The van der Waals surface area contributed by atoms with E-state index in [1.807, 2.05) is 36.4 Å². The van der Waals surface area contributed by atoms with Gasteiger partial charge >= 0.3 is 0 Å². The minimum atomic E-state index is 0.820. The van der Waals surface area contributed by atoms with Crippen LogP contribution in [0.2, 0.25) is 0 Å². The van der Waals surface area contributed by atoms with Crippen molar-refractivity contribution < 1.29 is 14.2 Å². The van der Waals surface area contributed by atoms with Crippen LogP contribution in [0.1, 0.15) is 12.5 Å². The Kier molecular flexibility index (Phi) is 9.21. The molecule has 0 aliphatic heterocycles. The molecule has 0 saturated heterocycles. The summed E-state index contributed by atoms with van der Waals surface area (Å²) in [4.78, 5) is 4.50. The van der Waals surface area contributed by atoms with Crippen molar-refractivity contribution in [3.8, 4) is 28.4 Å². The summed E-state index contributed by atoms with van der Waals surface area (Å²) in [5, 5.41) is 0. The van der Waals surface area contributed by atoms with E-state index in [1.54, 1.807) is 21.3 Å². The predicted octanol–water partition coefficient (Wildman–Crippen LogP) is 10.9. The van der Waals surface area contributed by atoms with E-state index in [0.29, 0.717) is 0 Å². The molecule has 0 amide bonds. The first-order valence-corrected chi connectivity index (χ1v) is 15.4. The van der Waals surface area contributed by atoms with Crippen LogP contribution in [0.25, 0.3) is 11.1 Å². The number of hydrogen-bond donors (Lipinski definition) is 0. The molecular formula is C41H38N2O3. The average molecular weight is 607 g/mol. The highest BCUT2D eigenvalue weighted by molar-refractivity contribution is 5.81. The topological polar surface area (TPSA) is 34.2 Å². The van der Waals surface area contributed by atoms with E-state index in [1.165, 1.54) is 5.56 Å². The predicted molar refractivity (Wildman–Crippen MR) is 190 cm³/mol. The van der Waals surface area contributed by atoms with Gasteiger partial charge in [0, 0.05) is 34.1 Å². The van der Waals surface area contributed by atoms with Crippen molar-refractivity contribution in [1.29, 1.82) is 0 Å². The number of benzene rings is 6. The van der Waals surface area contributed by atoms with E-state index in [2.05, 4.69) is 126 Å².